The van der Waals surface area contributed by atoms with Crippen molar-refractivity contribution in [2.45, 2.75) is 58.4 Å². The van der Waals surface area contributed by atoms with Crippen LogP contribution in [0.3, 0.4) is 0 Å². The minimum atomic E-state index is 0.482. The molecule has 0 atom stereocenters. The van der Waals surface area contributed by atoms with Crippen molar-refractivity contribution in [1.82, 2.24) is 4.90 Å². The highest BCUT2D eigenvalue weighted by Gasteiger charge is 2.13. The maximum Gasteiger partial charge on any atom is 0.191 e. The summed E-state index contributed by atoms with van der Waals surface area (Å²) in [5, 5.41) is 0. The van der Waals surface area contributed by atoms with Crippen LogP contribution < -0.4 is 5.73 Å². The summed E-state index contributed by atoms with van der Waals surface area (Å²) in [7, 11) is 2.05. The fourth-order valence-corrected chi connectivity index (χ4v) is 2.06. The quantitative estimate of drug-likeness (QED) is 0.590. The first-order valence-electron chi connectivity index (χ1n) is 6.64. The Morgan fingerprint density at radius 2 is 1.94 bits per heavy atom. The van der Waals surface area contributed by atoms with Crippen molar-refractivity contribution >= 4 is 5.96 Å². The lowest BCUT2D eigenvalue weighted by molar-refractivity contribution is 0.412. The minimum Gasteiger partial charge on any atom is -0.370 e. The fraction of sp³-hybridized carbons (Fsp3) is 0.923. The van der Waals surface area contributed by atoms with Gasteiger partial charge in [0.15, 0.2) is 5.96 Å². The summed E-state index contributed by atoms with van der Waals surface area (Å²) in [5.74, 6) is 1.46. The zero-order valence-electron chi connectivity index (χ0n) is 11.1. The summed E-state index contributed by atoms with van der Waals surface area (Å²) in [5.41, 5.74) is 6.01. The van der Waals surface area contributed by atoms with Crippen LogP contribution in [-0.2, 0) is 0 Å². The van der Waals surface area contributed by atoms with Gasteiger partial charge in [0.25, 0.3) is 0 Å². The lowest BCUT2D eigenvalue weighted by Gasteiger charge is -2.23. The monoisotopic (exact) mass is 225 g/mol. The zero-order valence-corrected chi connectivity index (χ0v) is 11.1. The molecule has 0 aromatic rings. The number of aliphatic imine (C=N–C) groups is 1. The van der Waals surface area contributed by atoms with E-state index in [4.69, 9.17) is 5.73 Å². The van der Waals surface area contributed by atoms with E-state index in [1.807, 2.05) is 7.05 Å². The van der Waals surface area contributed by atoms with Crippen LogP contribution >= 0.6 is 0 Å². The summed E-state index contributed by atoms with van der Waals surface area (Å²) < 4.78 is 0. The molecule has 0 heterocycles. The molecule has 0 bridgehead atoms. The van der Waals surface area contributed by atoms with Crippen LogP contribution in [-0.4, -0.2) is 30.5 Å². The molecule has 1 aliphatic rings. The minimum absolute atomic E-state index is 0.482. The van der Waals surface area contributed by atoms with Crippen molar-refractivity contribution in [3.8, 4) is 0 Å². The van der Waals surface area contributed by atoms with Crippen molar-refractivity contribution in [3.05, 3.63) is 0 Å². The van der Waals surface area contributed by atoms with Crippen molar-refractivity contribution in [1.29, 1.82) is 0 Å². The molecule has 3 nitrogen and oxygen atoms in total. The highest BCUT2D eigenvalue weighted by atomic mass is 15.2. The van der Waals surface area contributed by atoms with Crippen LogP contribution in [0.4, 0.5) is 0 Å². The molecule has 94 valence electrons. The topological polar surface area (TPSA) is 41.6 Å². The zero-order chi connectivity index (χ0) is 12.0. The highest BCUT2D eigenvalue weighted by Crippen LogP contribution is 2.20. The third-order valence-electron chi connectivity index (χ3n) is 3.32. The molecule has 0 unspecified atom stereocenters. The molecule has 1 aliphatic carbocycles. The SMILES string of the molecule is CC(C)CCN(C)C(N)=NC1CCCCC1. The number of hydrogen-bond donors (Lipinski definition) is 1. The third kappa shape index (κ3) is 4.86. The number of rotatable bonds is 4. The molecule has 1 rings (SSSR count). The Morgan fingerprint density at radius 1 is 1.31 bits per heavy atom. The Labute approximate surface area is 100 Å². The Bertz CT molecular complexity index is 217. The highest BCUT2D eigenvalue weighted by molar-refractivity contribution is 5.77. The molecule has 2 N–H and O–H groups in total. The number of nitrogens with two attached hydrogens (primary N) is 1. The van der Waals surface area contributed by atoms with Gasteiger partial charge in [0, 0.05) is 13.6 Å². The molecule has 0 aromatic carbocycles. The normalized spacial score (nSPS) is 19.1. The Morgan fingerprint density at radius 3 is 2.50 bits per heavy atom. The standard InChI is InChI=1S/C13H27N3/c1-11(2)9-10-16(3)13(14)15-12-7-5-4-6-8-12/h11-12H,4-10H2,1-3H3,(H2,14,15). The van der Waals surface area contributed by atoms with E-state index in [2.05, 4.69) is 23.7 Å². The van der Waals surface area contributed by atoms with Gasteiger partial charge in [0.1, 0.15) is 0 Å². The number of guanidine groups is 1. The van der Waals surface area contributed by atoms with Gasteiger partial charge in [-0.1, -0.05) is 33.1 Å². The van der Waals surface area contributed by atoms with Gasteiger partial charge in [0.05, 0.1) is 6.04 Å². The van der Waals surface area contributed by atoms with Gasteiger partial charge in [-0.15, -0.1) is 0 Å². The predicted molar refractivity (Wildman–Crippen MR) is 70.6 cm³/mol. The fourth-order valence-electron chi connectivity index (χ4n) is 2.06. The maximum atomic E-state index is 6.01. The van der Waals surface area contributed by atoms with Gasteiger partial charge in [-0.2, -0.15) is 0 Å². The average molecular weight is 225 g/mol. The van der Waals surface area contributed by atoms with Crippen LogP contribution in [0.5, 0.6) is 0 Å². The Balaban J connectivity index is 2.35. The average Bonchev–Trinajstić information content (AvgIpc) is 2.27. The van der Waals surface area contributed by atoms with E-state index in [9.17, 15) is 0 Å². The Kier molecular flexibility index (Phi) is 5.64. The molecule has 1 fully saturated rings. The molecular formula is C13H27N3. The lowest BCUT2D eigenvalue weighted by atomic mass is 9.96. The van der Waals surface area contributed by atoms with Crippen molar-refractivity contribution in [3.63, 3.8) is 0 Å². The van der Waals surface area contributed by atoms with Crippen molar-refractivity contribution in [2.75, 3.05) is 13.6 Å². The second-order valence-electron chi connectivity index (χ2n) is 5.38. The summed E-state index contributed by atoms with van der Waals surface area (Å²) in [4.78, 5) is 6.73. The van der Waals surface area contributed by atoms with E-state index in [1.54, 1.807) is 0 Å². The second kappa shape index (κ2) is 6.77. The van der Waals surface area contributed by atoms with Crippen LogP contribution in [0.1, 0.15) is 52.4 Å². The first-order chi connectivity index (χ1) is 7.59. The van der Waals surface area contributed by atoms with Crippen LogP contribution in [0.2, 0.25) is 0 Å². The summed E-state index contributed by atoms with van der Waals surface area (Å²) in [6.07, 6.45) is 7.62. The molecule has 0 aromatic heterocycles. The van der Waals surface area contributed by atoms with E-state index in [1.165, 1.54) is 38.5 Å². The van der Waals surface area contributed by atoms with Gasteiger partial charge in [-0.3, -0.25) is 0 Å². The van der Waals surface area contributed by atoms with E-state index in [0.717, 1.165) is 18.4 Å². The van der Waals surface area contributed by atoms with Gasteiger partial charge in [-0.25, -0.2) is 4.99 Å². The molecule has 1 saturated carbocycles. The number of nitrogens with zero attached hydrogens (tertiary/aromatic N) is 2. The van der Waals surface area contributed by atoms with Crippen LogP contribution in [0, 0.1) is 5.92 Å². The van der Waals surface area contributed by atoms with Crippen LogP contribution in [0.15, 0.2) is 4.99 Å². The molecule has 3 heteroatoms. The first kappa shape index (κ1) is 13.3. The molecule has 0 saturated heterocycles. The van der Waals surface area contributed by atoms with E-state index in [0.29, 0.717) is 6.04 Å². The van der Waals surface area contributed by atoms with E-state index in [-0.39, 0.29) is 0 Å². The largest absolute Gasteiger partial charge is 0.370 e. The predicted octanol–water partition coefficient (Wildman–Crippen LogP) is 2.61. The summed E-state index contributed by atoms with van der Waals surface area (Å²) in [6.45, 7) is 5.49. The summed E-state index contributed by atoms with van der Waals surface area (Å²) >= 11 is 0. The first-order valence-corrected chi connectivity index (χ1v) is 6.64. The van der Waals surface area contributed by atoms with Crippen LogP contribution in [0.25, 0.3) is 0 Å². The van der Waals surface area contributed by atoms with Crippen molar-refractivity contribution < 1.29 is 0 Å². The van der Waals surface area contributed by atoms with E-state index < -0.39 is 0 Å². The molecule has 0 amide bonds. The van der Waals surface area contributed by atoms with E-state index >= 15 is 0 Å². The van der Waals surface area contributed by atoms with Crippen molar-refractivity contribution in [2.24, 2.45) is 16.6 Å². The molecule has 0 radical (unpaired) electrons. The van der Waals surface area contributed by atoms with Gasteiger partial charge < -0.3 is 10.6 Å². The molecule has 0 spiro atoms. The number of hydrogen-bond acceptors (Lipinski definition) is 1. The van der Waals surface area contributed by atoms with Gasteiger partial charge >= 0.3 is 0 Å². The van der Waals surface area contributed by atoms with Gasteiger partial charge in [0.2, 0.25) is 0 Å². The Hall–Kier alpha value is -0.730. The maximum absolute atomic E-state index is 6.01. The molecule has 0 aliphatic heterocycles. The third-order valence-corrected chi connectivity index (χ3v) is 3.32. The molecular weight excluding hydrogens is 198 g/mol. The van der Waals surface area contributed by atoms with Gasteiger partial charge in [-0.05, 0) is 25.2 Å². The smallest absolute Gasteiger partial charge is 0.191 e. The molecule has 16 heavy (non-hydrogen) atoms. The summed E-state index contributed by atoms with van der Waals surface area (Å²) in [6, 6.07) is 0.482. The second-order valence-corrected chi connectivity index (χ2v) is 5.38. The lowest BCUT2D eigenvalue weighted by Crippen LogP contribution is -2.36.